The Morgan fingerprint density at radius 3 is 2.59 bits per heavy atom. The third-order valence-electron chi connectivity index (χ3n) is 3.01. The maximum absolute atomic E-state index is 10.4. The SMILES string of the molecule is O=S(=O)([O-])OCC[n+]1ccc(-c2nc3ccccc3s2)cc1. The van der Waals surface area contributed by atoms with Crippen molar-refractivity contribution in [2.24, 2.45) is 0 Å². The molecule has 0 radical (unpaired) electrons. The summed E-state index contributed by atoms with van der Waals surface area (Å²) in [4.78, 5) is 4.57. The highest BCUT2D eigenvalue weighted by molar-refractivity contribution is 7.80. The lowest BCUT2D eigenvalue weighted by atomic mass is 10.3. The van der Waals surface area contributed by atoms with Crippen LogP contribution in [-0.4, -0.2) is 24.6 Å². The number of para-hydroxylation sites is 1. The Balaban J connectivity index is 1.73. The van der Waals surface area contributed by atoms with E-state index in [9.17, 15) is 13.0 Å². The van der Waals surface area contributed by atoms with E-state index in [1.807, 2.05) is 36.4 Å². The van der Waals surface area contributed by atoms with Gasteiger partial charge >= 0.3 is 0 Å². The molecule has 0 fully saturated rings. The Bertz CT molecular complexity index is 856. The van der Waals surface area contributed by atoms with Crippen molar-refractivity contribution in [3.8, 4) is 10.6 Å². The van der Waals surface area contributed by atoms with E-state index in [0.29, 0.717) is 0 Å². The smallest absolute Gasteiger partial charge is 0.217 e. The first-order valence-corrected chi connectivity index (χ1v) is 8.61. The van der Waals surface area contributed by atoms with Gasteiger partial charge in [-0.2, -0.15) is 0 Å². The first kappa shape index (κ1) is 15.0. The van der Waals surface area contributed by atoms with Crippen LogP contribution in [0.2, 0.25) is 0 Å². The second-order valence-corrected chi connectivity index (χ2v) is 6.62. The molecule has 0 unspecified atom stereocenters. The molecule has 0 N–H and O–H groups in total. The van der Waals surface area contributed by atoms with Gasteiger partial charge in [-0.05, 0) is 12.1 Å². The van der Waals surface area contributed by atoms with Gasteiger partial charge < -0.3 is 4.55 Å². The van der Waals surface area contributed by atoms with Crippen LogP contribution in [0.15, 0.2) is 48.8 Å². The van der Waals surface area contributed by atoms with Crippen molar-refractivity contribution in [2.45, 2.75) is 6.54 Å². The van der Waals surface area contributed by atoms with Crippen LogP contribution >= 0.6 is 11.3 Å². The fourth-order valence-corrected chi connectivity index (χ4v) is 3.24. The molecule has 0 amide bonds. The highest BCUT2D eigenvalue weighted by Crippen LogP contribution is 2.29. The molecule has 22 heavy (non-hydrogen) atoms. The molecule has 0 aliphatic carbocycles. The van der Waals surface area contributed by atoms with Crippen LogP contribution in [0.1, 0.15) is 0 Å². The maximum atomic E-state index is 10.4. The second-order valence-electron chi connectivity index (χ2n) is 4.54. The zero-order valence-electron chi connectivity index (χ0n) is 11.4. The van der Waals surface area contributed by atoms with Gasteiger partial charge in [-0.25, -0.2) is 18.0 Å². The molecular formula is C14H12N2O4S2. The summed E-state index contributed by atoms with van der Waals surface area (Å²) in [5, 5.41) is 0.923. The van der Waals surface area contributed by atoms with E-state index in [-0.39, 0.29) is 13.2 Å². The Morgan fingerprint density at radius 1 is 1.18 bits per heavy atom. The van der Waals surface area contributed by atoms with E-state index in [0.717, 1.165) is 20.8 Å². The highest BCUT2D eigenvalue weighted by atomic mass is 32.3. The van der Waals surface area contributed by atoms with E-state index >= 15 is 0 Å². The lowest BCUT2D eigenvalue weighted by Crippen LogP contribution is -2.35. The number of aromatic nitrogens is 2. The standard InChI is InChI=1S/C14H12N2O4S2/c17-22(18,19)20-10-9-16-7-5-11(6-8-16)14-15-12-3-1-2-4-13(12)21-14/h1-8H,9-10H2. The van der Waals surface area contributed by atoms with E-state index in [1.54, 1.807) is 28.3 Å². The Hall–Kier alpha value is -1.87. The summed E-state index contributed by atoms with van der Waals surface area (Å²) in [6.45, 7) is 0.0958. The summed E-state index contributed by atoms with van der Waals surface area (Å²) in [7, 11) is -4.63. The second kappa shape index (κ2) is 6.09. The molecule has 6 nitrogen and oxygen atoms in total. The number of thiazole rings is 1. The van der Waals surface area contributed by atoms with Crippen molar-refractivity contribution in [1.29, 1.82) is 0 Å². The molecule has 3 rings (SSSR count). The lowest BCUT2D eigenvalue weighted by Gasteiger charge is -2.05. The molecule has 0 saturated heterocycles. The average Bonchev–Trinajstić information content (AvgIpc) is 2.90. The third-order valence-corrected chi connectivity index (χ3v) is 4.55. The minimum atomic E-state index is -4.63. The van der Waals surface area contributed by atoms with Gasteiger partial charge in [0.2, 0.25) is 10.4 Å². The van der Waals surface area contributed by atoms with Gasteiger partial charge in [-0.15, -0.1) is 11.3 Å². The molecule has 8 heteroatoms. The van der Waals surface area contributed by atoms with Crippen molar-refractivity contribution in [3.05, 3.63) is 48.8 Å². The number of hydrogen-bond donors (Lipinski definition) is 0. The van der Waals surface area contributed by atoms with Crippen molar-refractivity contribution in [1.82, 2.24) is 4.98 Å². The molecule has 0 aliphatic heterocycles. The van der Waals surface area contributed by atoms with Crippen molar-refractivity contribution >= 4 is 32.0 Å². The predicted molar refractivity (Wildman–Crippen MR) is 80.9 cm³/mol. The molecule has 3 aromatic rings. The number of benzene rings is 1. The summed E-state index contributed by atoms with van der Waals surface area (Å²) < 4.78 is 38.1. The summed E-state index contributed by atoms with van der Waals surface area (Å²) in [6, 6.07) is 11.7. The molecule has 0 saturated carbocycles. The third kappa shape index (κ3) is 3.66. The summed E-state index contributed by atoms with van der Waals surface area (Å²) in [6.07, 6.45) is 3.59. The molecule has 114 valence electrons. The van der Waals surface area contributed by atoms with Crippen molar-refractivity contribution < 1.29 is 21.7 Å². The van der Waals surface area contributed by atoms with Gasteiger partial charge in [-0.1, -0.05) is 12.1 Å². The molecule has 2 aromatic heterocycles. The first-order chi connectivity index (χ1) is 10.5. The van der Waals surface area contributed by atoms with Gasteiger partial charge in [0.15, 0.2) is 18.9 Å². The van der Waals surface area contributed by atoms with Crippen LogP contribution in [0.3, 0.4) is 0 Å². The van der Waals surface area contributed by atoms with Crippen LogP contribution in [-0.2, 0) is 21.1 Å². The number of nitrogens with zero attached hydrogens (tertiary/aromatic N) is 2. The molecule has 2 heterocycles. The fraction of sp³-hybridized carbons (Fsp3) is 0.143. The topological polar surface area (TPSA) is 83.2 Å². The number of fused-ring (bicyclic) bond motifs is 1. The summed E-state index contributed by atoms with van der Waals surface area (Å²) in [5.41, 5.74) is 1.95. The van der Waals surface area contributed by atoms with Crippen molar-refractivity contribution in [3.63, 3.8) is 0 Å². The predicted octanol–water partition coefficient (Wildman–Crippen LogP) is 1.73. The Morgan fingerprint density at radius 2 is 1.91 bits per heavy atom. The van der Waals surface area contributed by atoms with Crippen molar-refractivity contribution in [2.75, 3.05) is 6.61 Å². The Labute approximate surface area is 131 Å². The minimum absolute atomic E-state index is 0.184. The molecular weight excluding hydrogens is 324 g/mol. The zero-order valence-corrected chi connectivity index (χ0v) is 13.0. The van der Waals surface area contributed by atoms with Crippen LogP contribution < -0.4 is 4.57 Å². The van der Waals surface area contributed by atoms with Crippen LogP contribution in [0.5, 0.6) is 0 Å². The first-order valence-electron chi connectivity index (χ1n) is 6.46. The fourth-order valence-electron chi connectivity index (χ4n) is 1.99. The van der Waals surface area contributed by atoms with Crippen LogP contribution in [0.25, 0.3) is 20.8 Å². The monoisotopic (exact) mass is 336 g/mol. The maximum Gasteiger partial charge on any atom is 0.217 e. The summed E-state index contributed by atoms with van der Waals surface area (Å²) in [5.74, 6) is 0. The van der Waals surface area contributed by atoms with E-state index in [2.05, 4.69) is 9.17 Å². The van der Waals surface area contributed by atoms with Gasteiger partial charge in [0.1, 0.15) is 11.6 Å². The van der Waals surface area contributed by atoms with E-state index < -0.39 is 10.4 Å². The van der Waals surface area contributed by atoms with Crippen LogP contribution in [0.4, 0.5) is 0 Å². The minimum Gasteiger partial charge on any atom is -0.726 e. The van der Waals surface area contributed by atoms with Gasteiger partial charge in [-0.3, -0.25) is 4.18 Å². The number of pyridine rings is 1. The van der Waals surface area contributed by atoms with Crippen LogP contribution in [0, 0.1) is 0 Å². The quantitative estimate of drug-likeness (QED) is 0.402. The highest BCUT2D eigenvalue weighted by Gasteiger charge is 2.08. The molecule has 0 atom stereocenters. The molecule has 0 aliphatic rings. The average molecular weight is 336 g/mol. The molecule has 0 bridgehead atoms. The zero-order chi connectivity index (χ0) is 15.6. The largest absolute Gasteiger partial charge is 0.726 e. The summed E-state index contributed by atoms with van der Waals surface area (Å²) >= 11 is 1.61. The van der Waals surface area contributed by atoms with Gasteiger partial charge in [0, 0.05) is 17.7 Å². The normalized spacial score (nSPS) is 11.9. The van der Waals surface area contributed by atoms with E-state index in [4.69, 9.17) is 0 Å². The lowest BCUT2D eigenvalue weighted by molar-refractivity contribution is -0.697. The Kier molecular flexibility index (Phi) is 4.16. The van der Waals surface area contributed by atoms with E-state index in [1.165, 1.54) is 0 Å². The number of rotatable bonds is 5. The molecule has 0 spiro atoms. The molecule has 1 aromatic carbocycles. The van der Waals surface area contributed by atoms with Gasteiger partial charge in [0.05, 0.1) is 10.2 Å². The number of hydrogen-bond acceptors (Lipinski definition) is 6. The van der Waals surface area contributed by atoms with Gasteiger partial charge in [0.25, 0.3) is 0 Å².